The number of ether oxygens (including phenoxy) is 1. The van der Waals surface area contributed by atoms with Crippen LogP contribution in [0.5, 0.6) is 0 Å². The van der Waals surface area contributed by atoms with Crippen LogP contribution in [0, 0.1) is 5.92 Å². The minimum Gasteiger partial charge on any atom is -0.376 e. The number of hydrogen-bond donors (Lipinski definition) is 0. The standard InChI is InChI=1S/C13H18O4S/c1-18(14,15)17-13-7-12(8-13)10-16-9-11-5-3-2-4-6-11/h2-6,12-13H,7-10H2,1H3. The fraction of sp³-hybridized carbons (Fsp3) is 0.538. The third-order valence-corrected chi connectivity index (χ3v) is 3.59. The third-order valence-electron chi connectivity index (χ3n) is 2.97. The van der Waals surface area contributed by atoms with Crippen molar-refractivity contribution in [2.75, 3.05) is 12.9 Å². The summed E-state index contributed by atoms with van der Waals surface area (Å²) in [6.07, 6.45) is 2.47. The Labute approximate surface area is 108 Å². The first-order chi connectivity index (χ1) is 8.53. The summed E-state index contributed by atoms with van der Waals surface area (Å²) in [6, 6.07) is 9.99. The van der Waals surface area contributed by atoms with Crippen molar-refractivity contribution in [1.29, 1.82) is 0 Å². The molecular weight excluding hydrogens is 252 g/mol. The summed E-state index contributed by atoms with van der Waals surface area (Å²) in [4.78, 5) is 0. The van der Waals surface area contributed by atoms with Crippen molar-refractivity contribution in [3.63, 3.8) is 0 Å². The lowest BCUT2D eigenvalue weighted by Crippen LogP contribution is -2.35. The molecule has 100 valence electrons. The lowest BCUT2D eigenvalue weighted by molar-refractivity contribution is 0.000560. The zero-order valence-corrected chi connectivity index (χ0v) is 11.2. The van der Waals surface area contributed by atoms with E-state index >= 15 is 0 Å². The second-order valence-electron chi connectivity index (χ2n) is 4.76. The van der Waals surface area contributed by atoms with E-state index in [0.29, 0.717) is 19.1 Å². The van der Waals surface area contributed by atoms with Gasteiger partial charge in [-0.1, -0.05) is 30.3 Å². The summed E-state index contributed by atoms with van der Waals surface area (Å²) in [5.74, 6) is 0.417. The highest BCUT2D eigenvalue weighted by atomic mass is 32.2. The minimum atomic E-state index is -3.31. The normalized spacial score (nSPS) is 23.6. The molecule has 0 spiro atoms. The maximum Gasteiger partial charge on any atom is 0.264 e. The molecule has 5 heteroatoms. The van der Waals surface area contributed by atoms with Gasteiger partial charge in [0.1, 0.15) is 0 Å². The summed E-state index contributed by atoms with van der Waals surface area (Å²) in [5, 5.41) is 0. The van der Waals surface area contributed by atoms with E-state index in [9.17, 15) is 8.42 Å². The number of hydrogen-bond acceptors (Lipinski definition) is 4. The lowest BCUT2D eigenvalue weighted by Gasteiger charge is -2.33. The minimum absolute atomic E-state index is 0.148. The zero-order valence-electron chi connectivity index (χ0n) is 10.4. The van der Waals surface area contributed by atoms with Gasteiger partial charge in [0.25, 0.3) is 10.1 Å². The molecule has 0 aliphatic heterocycles. The number of rotatable bonds is 6. The van der Waals surface area contributed by atoms with Crippen molar-refractivity contribution in [2.24, 2.45) is 5.92 Å². The average molecular weight is 270 g/mol. The predicted molar refractivity (Wildman–Crippen MR) is 68.5 cm³/mol. The van der Waals surface area contributed by atoms with E-state index in [1.165, 1.54) is 0 Å². The van der Waals surface area contributed by atoms with Crippen LogP contribution in [0.1, 0.15) is 18.4 Å². The van der Waals surface area contributed by atoms with Crippen LogP contribution < -0.4 is 0 Å². The van der Waals surface area contributed by atoms with Crippen molar-refractivity contribution in [3.05, 3.63) is 35.9 Å². The van der Waals surface area contributed by atoms with Crippen LogP contribution in [-0.4, -0.2) is 27.4 Å². The van der Waals surface area contributed by atoms with Crippen LogP contribution >= 0.6 is 0 Å². The molecular formula is C13H18O4S. The molecule has 2 rings (SSSR count). The predicted octanol–water partition coefficient (Wildman–Crippen LogP) is 1.96. The van der Waals surface area contributed by atoms with Crippen LogP contribution in [0.15, 0.2) is 30.3 Å². The van der Waals surface area contributed by atoms with Crippen molar-refractivity contribution >= 4 is 10.1 Å². The molecule has 0 saturated heterocycles. The van der Waals surface area contributed by atoms with Gasteiger partial charge in [-0.05, 0) is 24.3 Å². The van der Waals surface area contributed by atoms with Crippen molar-refractivity contribution < 1.29 is 17.3 Å². The van der Waals surface area contributed by atoms with E-state index in [1.54, 1.807) is 0 Å². The molecule has 0 bridgehead atoms. The number of benzene rings is 1. The smallest absolute Gasteiger partial charge is 0.264 e. The molecule has 4 nitrogen and oxygen atoms in total. The van der Waals surface area contributed by atoms with E-state index < -0.39 is 10.1 Å². The molecule has 1 aliphatic carbocycles. The Morgan fingerprint density at radius 2 is 1.89 bits per heavy atom. The largest absolute Gasteiger partial charge is 0.376 e. The van der Waals surface area contributed by atoms with E-state index in [2.05, 4.69) is 0 Å². The fourth-order valence-corrected chi connectivity index (χ4v) is 2.71. The van der Waals surface area contributed by atoms with Gasteiger partial charge in [-0.2, -0.15) is 8.42 Å². The topological polar surface area (TPSA) is 52.6 Å². The Balaban J connectivity index is 1.61. The quantitative estimate of drug-likeness (QED) is 0.741. The Morgan fingerprint density at radius 1 is 1.22 bits per heavy atom. The summed E-state index contributed by atoms with van der Waals surface area (Å²) < 4.78 is 32.3. The van der Waals surface area contributed by atoms with E-state index in [4.69, 9.17) is 8.92 Å². The van der Waals surface area contributed by atoms with Gasteiger partial charge in [0.05, 0.1) is 25.6 Å². The van der Waals surface area contributed by atoms with Crippen LogP contribution in [-0.2, 0) is 25.6 Å². The van der Waals surface area contributed by atoms with Gasteiger partial charge in [-0.25, -0.2) is 0 Å². The second kappa shape index (κ2) is 5.82. The summed E-state index contributed by atoms with van der Waals surface area (Å²) in [6.45, 7) is 1.27. The second-order valence-corrected chi connectivity index (χ2v) is 6.36. The molecule has 1 fully saturated rings. The van der Waals surface area contributed by atoms with Gasteiger partial charge in [-0.15, -0.1) is 0 Å². The Hall–Kier alpha value is -0.910. The third kappa shape index (κ3) is 4.40. The average Bonchev–Trinajstić information content (AvgIpc) is 2.25. The van der Waals surface area contributed by atoms with Gasteiger partial charge >= 0.3 is 0 Å². The molecule has 1 aliphatic rings. The highest BCUT2D eigenvalue weighted by molar-refractivity contribution is 7.86. The van der Waals surface area contributed by atoms with Gasteiger partial charge in [0.15, 0.2) is 0 Å². The van der Waals surface area contributed by atoms with Gasteiger partial charge in [0, 0.05) is 0 Å². The molecule has 0 atom stereocenters. The van der Waals surface area contributed by atoms with Gasteiger partial charge in [-0.3, -0.25) is 4.18 Å². The molecule has 0 unspecified atom stereocenters. The van der Waals surface area contributed by atoms with Crippen molar-refractivity contribution in [2.45, 2.75) is 25.6 Å². The van der Waals surface area contributed by atoms with Gasteiger partial charge < -0.3 is 4.74 Å². The summed E-state index contributed by atoms with van der Waals surface area (Å²) in [5.41, 5.74) is 1.15. The van der Waals surface area contributed by atoms with Crippen molar-refractivity contribution in [1.82, 2.24) is 0 Å². The highest BCUT2D eigenvalue weighted by Gasteiger charge is 2.32. The molecule has 18 heavy (non-hydrogen) atoms. The zero-order chi connectivity index (χ0) is 13.0. The molecule has 0 aromatic heterocycles. The van der Waals surface area contributed by atoms with E-state index in [1.807, 2.05) is 30.3 Å². The molecule has 0 amide bonds. The molecule has 1 aromatic carbocycles. The Kier molecular flexibility index (Phi) is 4.37. The van der Waals surface area contributed by atoms with E-state index in [0.717, 1.165) is 24.7 Å². The van der Waals surface area contributed by atoms with Crippen LogP contribution in [0.4, 0.5) is 0 Å². The van der Waals surface area contributed by atoms with Crippen molar-refractivity contribution in [3.8, 4) is 0 Å². The van der Waals surface area contributed by atoms with Gasteiger partial charge in [0.2, 0.25) is 0 Å². The Morgan fingerprint density at radius 3 is 2.50 bits per heavy atom. The van der Waals surface area contributed by atoms with Crippen LogP contribution in [0.25, 0.3) is 0 Å². The molecule has 1 saturated carbocycles. The van der Waals surface area contributed by atoms with Crippen LogP contribution in [0.2, 0.25) is 0 Å². The summed E-state index contributed by atoms with van der Waals surface area (Å²) in [7, 11) is -3.31. The molecule has 0 heterocycles. The first-order valence-corrected chi connectivity index (χ1v) is 7.84. The van der Waals surface area contributed by atoms with Crippen LogP contribution in [0.3, 0.4) is 0 Å². The SMILES string of the molecule is CS(=O)(=O)OC1CC(COCc2ccccc2)C1. The lowest BCUT2D eigenvalue weighted by atomic mass is 9.83. The summed E-state index contributed by atoms with van der Waals surface area (Å²) >= 11 is 0. The Bertz CT molecular complexity index is 463. The first kappa shape index (κ1) is 13.5. The maximum atomic E-state index is 10.9. The maximum absolute atomic E-state index is 10.9. The highest BCUT2D eigenvalue weighted by Crippen LogP contribution is 2.31. The van der Waals surface area contributed by atoms with E-state index in [-0.39, 0.29) is 6.10 Å². The molecule has 1 aromatic rings. The first-order valence-electron chi connectivity index (χ1n) is 6.03. The monoisotopic (exact) mass is 270 g/mol. The molecule has 0 N–H and O–H groups in total. The molecule has 0 radical (unpaired) electrons. The fourth-order valence-electron chi connectivity index (χ4n) is 2.05.